The van der Waals surface area contributed by atoms with E-state index in [9.17, 15) is 12.8 Å². The SMILES string of the molecule is CC1CCCC(NS(=O)(=O)c2ccc(Br)cc2F)C1. The normalized spacial score (nSPS) is 24.4. The van der Waals surface area contributed by atoms with Crippen molar-refractivity contribution in [3.05, 3.63) is 28.5 Å². The van der Waals surface area contributed by atoms with Crippen molar-refractivity contribution in [1.29, 1.82) is 0 Å². The Kier molecular flexibility index (Phi) is 4.63. The summed E-state index contributed by atoms with van der Waals surface area (Å²) in [4.78, 5) is -0.283. The van der Waals surface area contributed by atoms with E-state index in [2.05, 4.69) is 27.6 Å². The van der Waals surface area contributed by atoms with Crippen LogP contribution in [0.3, 0.4) is 0 Å². The van der Waals surface area contributed by atoms with Gasteiger partial charge in [0.2, 0.25) is 10.0 Å². The van der Waals surface area contributed by atoms with Crippen molar-refractivity contribution in [2.75, 3.05) is 0 Å². The molecule has 0 saturated heterocycles. The van der Waals surface area contributed by atoms with Crippen LogP contribution in [0, 0.1) is 11.7 Å². The molecule has 0 spiro atoms. The molecule has 0 bridgehead atoms. The predicted molar refractivity (Wildman–Crippen MR) is 75.8 cm³/mol. The molecular weight excluding hydrogens is 333 g/mol. The van der Waals surface area contributed by atoms with E-state index in [4.69, 9.17) is 0 Å². The largest absolute Gasteiger partial charge is 0.243 e. The number of nitrogens with one attached hydrogen (secondary N) is 1. The lowest BCUT2D eigenvalue weighted by molar-refractivity contribution is 0.327. The van der Waals surface area contributed by atoms with Gasteiger partial charge in [-0.2, -0.15) is 0 Å². The summed E-state index contributed by atoms with van der Waals surface area (Å²) in [5.41, 5.74) is 0. The summed E-state index contributed by atoms with van der Waals surface area (Å²) in [6.07, 6.45) is 3.78. The maximum absolute atomic E-state index is 13.7. The zero-order valence-corrected chi connectivity index (χ0v) is 13.1. The van der Waals surface area contributed by atoms with Crippen LogP contribution < -0.4 is 4.72 Å². The first-order chi connectivity index (χ1) is 8.88. The van der Waals surface area contributed by atoms with Crippen molar-refractivity contribution < 1.29 is 12.8 Å². The molecule has 0 amide bonds. The number of hydrogen-bond donors (Lipinski definition) is 1. The molecule has 0 aromatic heterocycles. The monoisotopic (exact) mass is 349 g/mol. The smallest absolute Gasteiger partial charge is 0.208 e. The molecule has 1 aromatic carbocycles. The highest BCUT2D eigenvalue weighted by atomic mass is 79.9. The Morgan fingerprint density at radius 2 is 2.11 bits per heavy atom. The van der Waals surface area contributed by atoms with E-state index in [0.717, 1.165) is 31.7 Å². The molecule has 2 rings (SSSR count). The van der Waals surface area contributed by atoms with Gasteiger partial charge < -0.3 is 0 Å². The lowest BCUT2D eigenvalue weighted by Crippen LogP contribution is -2.38. The summed E-state index contributed by atoms with van der Waals surface area (Å²) in [6, 6.07) is 3.89. The molecule has 1 N–H and O–H groups in total. The van der Waals surface area contributed by atoms with Gasteiger partial charge in [0.1, 0.15) is 10.7 Å². The highest BCUT2D eigenvalue weighted by molar-refractivity contribution is 9.10. The van der Waals surface area contributed by atoms with E-state index in [1.165, 1.54) is 12.1 Å². The molecular formula is C13H17BrFNO2S. The summed E-state index contributed by atoms with van der Waals surface area (Å²) < 4.78 is 41.2. The molecule has 2 unspecified atom stereocenters. The molecule has 0 radical (unpaired) electrons. The van der Waals surface area contributed by atoms with E-state index >= 15 is 0 Å². The highest BCUT2D eigenvalue weighted by Crippen LogP contribution is 2.26. The third kappa shape index (κ3) is 3.77. The van der Waals surface area contributed by atoms with Crippen LogP contribution in [-0.4, -0.2) is 14.5 Å². The van der Waals surface area contributed by atoms with Crippen LogP contribution in [0.5, 0.6) is 0 Å². The van der Waals surface area contributed by atoms with Gasteiger partial charge in [0.25, 0.3) is 0 Å². The molecule has 2 atom stereocenters. The summed E-state index contributed by atoms with van der Waals surface area (Å²) in [6.45, 7) is 2.11. The predicted octanol–water partition coefficient (Wildman–Crippen LogP) is 3.45. The van der Waals surface area contributed by atoms with Gasteiger partial charge in [0, 0.05) is 10.5 Å². The zero-order chi connectivity index (χ0) is 14.0. The molecule has 1 saturated carbocycles. The van der Waals surface area contributed by atoms with Crippen molar-refractivity contribution >= 4 is 26.0 Å². The summed E-state index contributed by atoms with van der Waals surface area (Å²) in [5.74, 6) is -0.220. The molecule has 1 aliphatic carbocycles. The Labute approximate surface area is 121 Å². The van der Waals surface area contributed by atoms with Crippen LogP contribution in [0.4, 0.5) is 4.39 Å². The van der Waals surface area contributed by atoms with Crippen molar-refractivity contribution in [3.63, 3.8) is 0 Å². The molecule has 1 aliphatic rings. The van der Waals surface area contributed by atoms with Crippen molar-refractivity contribution in [3.8, 4) is 0 Å². The highest BCUT2D eigenvalue weighted by Gasteiger charge is 2.26. The first-order valence-electron chi connectivity index (χ1n) is 6.36. The van der Waals surface area contributed by atoms with Crippen LogP contribution in [0.15, 0.2) is 27.6 Å². The molecule has 0 aliphatic heterocycles. The quantitative estimate of drug-likeness (QED) is 0.908. The Hall–Kier alpha value is -0.460. The van der Waals surface area contributed by atoms with Crippen LogP contribution in [-0.2, 0) is 10.0 Å². The molecule has 106 valence electrons. The average Bonchev–Trinajstić information content (AvgIpc) is 2.27. The summed E-state index contributed by atoms with van der Waals surface area (Å²) >= 11 is 3.11. The second-order valence-electron chi connectivity index (χ2n) is 5.16. The van der Waals surface area contributed by atoms with Crippen molar-refractivity contribution in [1.82, 2.24) is 4.72 Å². The third-order valence-electron chi connectivity index (χ3n) is 3.44. The zero-order valence-electron chi connectivity index (χ0n) is 10.7. The van der Waals surface area contributed by atoms with Gasteiger partial charge in [-0.3, -0.25) is 0 Å². The van der Waals surface area contributed by atoms with Crippen molar-refractivity contribution in [2.24, 2.45) is 5.92 Å². The Bertz CT molecular complexity index is 562. The number of hydrogen-bond acceptors (Lipinski definition) is 2. The van der Waals surface area contributed by atoms with Gasteiger partial charge in [-0.1, -0.05) is 35.7 Å². The van der Waals surface area contributed by atoms with Crippen LogP contribution in [0.1, 0.15) is 32.6 Å². The maximum atomic E-state index is 13.7. The lowest BCUT2D eigenvalue weighted by atomic mass is 9.88. The fraction of sp³-hybridized carbons (Fsp3) is 0.538. The molecule has 0 heterocycles. The molecule has 1 fully saturated rings. The minimum absolute atomic E-state index is 0.0863. The van der Waals surface area contributed by atoms with E-state index < -0.39 is 15.8 Å². The first-order valence-corrected chi connectivity index (χ1v) is 8.63. The fourth-order valence-corrected chi connectivity index (χ4v) is 4.19. The standard InChI is InChI=1S/C13H17BrFNO2S/c1-9-3-2-4-11(7-9)16-19(17,18)13-6-5-10(14)8-12(13)15/h5-6,8-9,11,16H,2-4,7H2,1H3. The molecule has 6 heteroatoms. The topological polar surface area (TPSA) is 46.2 Å². The van der Waals surface area contributed by atoms with Gasteiger partial charge in [-0.05, 0) is 37.0 Å². The minimum atomic E-state index is -3.78. The van der Waals surface area contributed by atoms with Gasteiger partial charge in [-0.15, -0.1) is 0 Å². The van der Waals surface area contributed by atoms with E-state index in [0.29, 0.717) is 10.4 Å². The van der Waals surface area contributed by atoms with Gasteiger partial charge in [0.15, 0.2) is 0 Å². The van der Waals surface area contributed by atoms with Crippen LogP contribution in [0.2, 0.25) is 0 Å². The van der Waals surface area contributed by atoms with E-state index in [1.807, 2.05) is 0 Å². The number of sulfonamides is 1. The number of benzene rings is 1. The Morgan fingerprint density at radius 3 is 2.74 bits per heavy atom. The number of halogens is 2. The molecule has 19 heavy (non-hydrogen) atoms. The average molecular weight is 350 g/mol. The third-order valence-corrected chi connectivity index (χ3v) is 5.49. The molecule has 1 aromatic rings. The summed E-state index contributed by atoms with van der Waals surface area (Å²) in [5, 5.41) is 0. The van der Waals surface area contributed by atoms with Gasteiger partial charge >= 0.3 is 0 Å². The second-order valence-corrected chi connectivity index (χ2v) is 7.76. The van der Waals surface area contributed by atoms with E-state index in [1.54, 1.807) is 0 Å². The fourth-order valence-electron chi connectivity index (χ4n) is 2.52. The van der Waals surface area contributed by atoms with Crippen LogP contribution >= 0.6 is 15.9 Å². The minimum Gasteiger partial charge on any atom is -0.208 e. The van der Waals surface area contributed by atoms with Crippen LogP contribution in [0.25, 0.3) is 0 Å². The first kappa shape index (κ1) is 14.9. The Morgan fingerprint density at radius 1 is 1.37 bits per heavy atom. The lowest BCUT2D eigenvalue weighted by Gasteiger charge is -2.27. The number of rotatable bonds is 3. The Balaban J connectivity index is 2.18. The van der Waals surface area contributed by atoms with E-state index in [-0.39, 0.29) is 10.9 Å². The second kappa shape index (κ2) is 5.89. The maximum Gasteiger partial charge on any atom is 0.243 e. The molecule has 3 nitrogen and oxygen atoms in total. The summed E-state index contributed by atoms with van der Waals surface area (Å²) in [7, 11) is -3.78. The van der Waals surface area contributed by atoms with Gasteiger partial charge in [-0.25, -0.2) is 17.5 Å². The van der Waals surface area contributed by atoms with Gasteiger partial charge in [0.05, 0.1) is 0 Å². The van der Waals surface area contributed by atoms with Crippen molar-refractivity contribution in [2.45, 2.75) is 43.5 Å².